The number of hydrogen-bond donors (Lipinski definition) is 0. The molecule has 1 fully saturated rings. The van der Waals surface area contributed by atoms with Crippen LogP contribution in [-0.4, -0.2) is 10.5 Å². The van der Waals surface area contributed by atoms with Gasteiger partial charge in [0.05, 0.1) is 0 Å². The first-order valence-corrected chi connectivity index (χ1v) is 5.82. The molecule has 0 spiro atoms. The van der Waals surface area contributed by atoms with Gasteiger partial charge in [-0.15, -0.1) is 0 Å². The van der Waals surface area contributed by atoms with E-state index >= 15 is 0 Å². The molecule has 0 N–H and O–H groups in total. The lowest BCUT2D eigenvalue weighted by Crippen LogP contribution is -2.01. The highest BCUT2D eigenvalue weighted by atomic mass is 32.2. The van der Waals surface area contributed by atoms with Crippen molar-refractivity contribution >= 4 is 11.8 Å². The quantitative estimate of drug-likeness (QED) is 0.625. The van der Waals surface area contributed by atoms with E-state index in [1.54, 1.807) is 0 Å². The summed E-state index contributed by atoms with van der Waals surface area (Å²) in [5, 5.41) is 1.97. The Morgan fingerprint density at radius 2 is 1.91 bits per heavy atom. The molecule has 66 valence electrons. The zero-order valence-electron chi connectivity index (χ0n) is 7.97. The molecule has 0 aromatic carbocycles. The molecule has 11 heavy (non-hydrogen) atoms. The van der Waals surface area contributed by atoms with Crippen molar-refractivity contribution < 1.29 is 0 Å². The second kappa shape index (κ2) is 4.39. The summed E-state index contributed by atoms with van der Waals surface area (Å²) in [6, 6.07) is 0. The van der Waals surface area contributed by atoms with Gasteiger partial charge in [-0.3, -0.25) is 0 Å². The van der Waals surface area contributed by atoms with Crippen molar-refractivity contribution in [2.45, 2.75) is 57.0 Å². The van der Waals surface area contributed by atoms with E-state index in [9.17, 15) is 0 Å². The zero-order valence-corrected chi connectivity index (χ0v) is 8.79. The van der Waals surface area contributed by atoms with E-state index in [2.05, 4.69) is 32.5 Å². The van der Waals surface area contributed by atoms with Crippen molar-refractivity contribution in [1.82, 2.24) is 0 Å². The van der Waals surface area contributed by atoms with Crippen LogP contribution in [0.25, 0.3) is 0 Å². The summed E-state index contributed by atoms with van der Waals surface area (Å²) in [4.78, 5) is 0. The predicted octanol–water partition coefficient (Wildman–Crippen LogP) is 3.71. The van der Waals surface area contributed by atoms with Crippen LogP contribution < -0.4 is 0 Å². The summed E-state index contributed by atoms with van der Waals surface area (Å²) < 4.78 is 0. The smallest absolute Gasteiger partial charge is 0.00526 e. The molecule has 1 heterocycles. The zero-order chi connectivity index (χ0) is 8.27. The van der Waals surface area contributed by atoms with Crippen LogP contribution in [-0.2, 0) is 0 Å². The maximum absolute atomic E-state index is 2.33. The molecule has 1 saturated heterocycles. The first kappa shape index (κ1) is 9.44. The summed E-state index contributed by atoms with van der Waals surface area (Å²) in [5.41, 5.74) is 0. The molecule has 0 aromatic heterocycles. The van der Waals surface area contributed by atoms with Gasteiger partial charge in [0.15, 0.2) is 0 Å². The van der Waals surface area contributed by atoms with Gasteiger partial charge in [0.25, 0.3) is 0 Å². The van der Waals surface area contributed by atoms with E-state index in [-0.39, 0.29) is 0 Å². The third kappa shape index (κ3) is 3.06. The third-order valence-electron chi connectivity index (χ3n) is 2.39. The van der Waals surface area contributed by atoms with Crippen molar-refractivity contribution in [2.75, 3.05) is 0 Å². The Morgan fingerprint density at radius 3 is 2.36 bits per heavy atom. The second-order valence-corrected chi connectivity index (χ2v) is 5.60. The molecule has 0 bridgehead atoms. The van der Waals surface area contributed by atoms with Crippen LogP contribution in [0.15, 0.2) is 0 Å². The standard InChI is InChI=1S/C10H20S/c1-4-9-5-6-10(11-9)7-8(2)3/h8-10H,4-7H2,1-3H3. The average Bonchev–Trinajstić information content (AvgIpc) is 2.34. The molecule has 1 aliphatic rings. The molecule has 0 saturated carbocycles. The Kier molecular flexibility index (Phi) is 3.77. The third-order valence-corrected chi connectivity index (χ3v) is 4.15. The van der Waals surface area contributed by atoms with Crippen molar-refractivity contribution in [3.05, 3.63) is 0 Å². The lowest BCUT2D eigenvalue weighted by molar-refractivity contribution is 0.552. The van der Waals surface area contributed by atoms with Crippen LogP contribution in [0.3, 0.4) is 0 Å². The molecule has 1 aliphatic heterocycles. The van der Waals surface area contributed by atoms with Crippen LogP contribution in [0, 0.1) is 5.92 Å². The maximum atomic E-state index is 2.33. The van der Waals surface area contributed by atoms with E-state index < -0.39 is 0 Å². The van der Waals surface area contributed by atoms with Gasteiger partial charge in [0.2, 0.25) is 0 Å². The molecule has 0 aromatic rings. The molecule has 1 rings (SSSR count). The first-order valence-electron chi connectivity index (χ1n) is 4.87. The topological polar surface area (TPSA) is 0 Å². The Bertz CT molecular complexity index is 109. The minimum Gasteiger partial charge on any atom is -0.155 e. The van der Waals surface area contributed by atoms with Gasteiger partial charge in [0, 0.05) is 10.5 Å². The SMILES string of the molecule is CCC1CCC(CC(C)C)S1. The van der Waals surface area contributed by atoms with Crippen molar-refractivity contribution in [1.29, 1.82) is 0 Å². The number of thioether (sulfide) groups is 1. The fraction of sp³-hybridized carbons (Fsp3) is 1.00. The fourth-order valence-corrected chi connectivity index (χ4v) is 3.56. The van der Waals surface area contributed by atoms with E-state index in [0.717, 1.165) is 16.4 Å². The highest BCUT2D eigenvalue weighted by molar-refractivity contribution is 8.00. The number of hydrogen-bond acceptors (Lipinski definition) is 1. The molecule has 0 radical (unpaired) electrons. The van der Waals surface area contributed by atoms with E-state index in [0.29, 0.717) is 0 Å². The molecule has 2 atom stereocenters. The molecule has 0 nitrogen and oxygen atoms in total. The van der Waals surface area contributed by atoms with Crippen molar-refractivity contribution in [3.8, 4) is 0 Å². The lowest BCUT2D eigenvalue weighted by atomic mass is 10.0. The molecule has 1 heteroatoms. The van der Waals surface area contributed by atoms with E-state index in [4.69, 9.17) is 0 Å². The van der Waals surface area contributed by atoms with Crippen LogP contribution in [0.2, 0.25) is 0 Å². The highest BCUT2D eigenvalue weighted by Gasteiger charge is 2.23. The predicted molar refractivity (Wildman–Crippen MR) is 54.1 cm³/mol. The fourth-order valence-electron chi connectivity index (χ4n) is 1.78. The van der Waals surface area contributed by atoms with E-state index in [1.165, 1.54) is 25.7 Å². The Hall–Kier alpha value is 0.350. The lowest BCUT2D eigenvalue weighted by Gasteiger charge is -2.11. The van der Waals surface area contributed by atoms with Gasteiger partial charge < -0.3 is 0 Å². The normalized spacial score (nSPS) is 31.6. The van der Waals surface area contributed by atoms with Gasteiger partial charge >= 0.3 is 0 Å². The average molecular weight is 172 g/mol. The first-order chi connectivity index (χ1) is 5.22. The highest BCUT2D eigenvalue weighted by Crippen LogP contribution is 2.38. The van der Waals surface area contributed by atoms with E-state index in [1.807, 2.05) is 0 Å². The molecule has 0 amide bonds. The van der Waals surface area contributed by atoms with Crippen molar-refractivity contribution in [2.24, 2.45) is 5.92 Å². The van der Waals surface area contributed by atoms with Gasteiger partial charge in [0.1, 0.15) is 0 Å². The van der Waals surface area contributed by atoms with Crippen LogP contribution in [0.5, 0.6) is 0 Å². The Labute approximate surface area is 75.1 Å². The van der Waals surface area contributed by atoms with Gasteiger partial charge in [-0.2, -0.15) is 11.8 Å². The summed E-state index contributed by atoms with van der Waals surface area (Å²) in [5.74, 6) is 0.892. The van der Waals surface area contributed by atoms with Crippen LogP contribution in [0.1, 0.15) is 46.5 Å². The Morgan fingerprint density at radius 1 is 1.27 bits per heavy atom. The molecular formula is C10H20S. The van der Waals surface area contributed by atoms with Gasteiger partial charge in [-0.25, -0.2) is 0 Å². The monoisotopic (exact) mass is 172 g/mol. The van der Waals surface area contributed by atoms with Gasteiger partial charge in [-0.1, -0.05) is 20.8 Å². The molecule has 2 unspecified atom stereocenters. The largest absolute Gasteiger partial charge is 0.155 e. The summed E-state index contributed by atoms with van der Waals surface area (Å²) >= 11 is 2.24. The summed E-state index contributed by atoms with van der Waals surface area (Å²) in [6.45, 7) is 6.98. The van der Waals surface area contributed by atoms with Crippen LogP contribution >= 0.6 is 11.8 Å². The maximum Gasteiger partial charge on any atom is 0.00526 e. The van der Waals surface area contributed by atoms with Crippen LogP contribution in [0.4, 0.5) is 0 Å². The van der Waals surface area contributed by atoms with Crippen molar-refractivity contribution in [3.63, 3.8) is 0 Å². The Balaban J connectivity index is 2.19. The number of rotatable bonds is 3. The summed E-state index contributed by atoms with van der Waals surface area (Å²) in [6.07, 6.45) is 5.75. The second-order valence-electron chi connectivity index (χ2n) is 4.00. The molecular weight excluding hydrogens is 152 g/mol. The molecule has 0 aliphatic carbocycles. The van der Waals surface area contributed by atoms with Gasteiger partial charge in [-0.05, 0) is 31.6 Å². The minimum absolute atomic E-state index is 0.892. The summed E-state index contributed by atoms with van der Waals surface area (Å²) in [7, 11) is 0. The minimum atomic E-state index is 0.892.